The number of likely N-dealkylation sites (tertiary alicyclic amines) is 1. The van der Waals surface area contributed by atoms with Gasteiger partial charge in [0.2, 0.25) is 0 Å². The summed E-state index contributed by atoms with van der Waals surface area (Å²) in [6.07, 6.45) is 4.38. The second-order valence-corrected chi connectivity index (χ2v) is 7.11. The second-order valence-electron chi connectivity index (χ2n) is 7.11. The molecule has 25 heavy (non-hydrogen) atoms. The molecule has 0 radical (unpaired) electrons. The molecule has 1 atom stereocenters. The van der Waals surface area contributed by atoms with Crippen LogP contribution in [0.2, 0.25) is 0 Å². The molecule has 1 saturated heterocycles. The summed E-state index contributed by atoms with van der Waals surface area (Å²) in [7, 11) is 0. The van der Waals surface area contributed by atoms with Crippen molar-refractivity contribution in [1.82, 2.24) is 20.3 Å². The number of nitrogens with one attached hydrogen (secondary N) is 1. The van der Waals surface area contributed by atoms with Crippen LogP contribution in [-0.2, 0) is 6.42 Å². The molecular formula is C19H22N4O2. The first kappa shape index (κ1) is 15.9. The number of hydrogen-bond acceptors (Lipinski definition) is 4. The van der Waals surface area contributed by atoms with Crippen molar-refractivity contribution < 1.29 is 9.32 Å². The van der Waals surface area contributed by atoms with E-state index < -0.39 is 0 Å². The van der Waals surface area contributed by atoms with Gasteiger partial charge < -0.3 is 9.42 Å². The van der Waals surface area contributed by atoms with E-state index in [2.05, 4.69) is 29.2 Å². The third kappa shape index (κ3) is 2.92. The monoisotopic (exact) mass is 338 g/mol. The number of fused-ring (bicyclic) bond motifs is 1. The van der Waals surface area contributed by atoms with E-state index in [-0.39, 0.29) is 11.9 Å². The third-order valence-corrected chi connectivity index (χ3v) is 4.81. The normalized spacial score (nSPS) is 17.7. The Balaban J connectivity index is 1.65. The maximum absolute atomic E-state index is 13.1. The summed E-state index contributed by atoms with van der Waals surface area (Å²) in [5, 5.41) is 12.5. The molecule has 0 bridgehead atoms. The maximum Gasteiger partial charge on any atom is 0.254 e. The first-order valence-corrected chi connectivity index (χ1v) is 8.81. The Labute approximate surface area is 146 Å². The van der Waals surface area contributed by atoms with E-state index in [9.17, 15) is 4.79 Å². The molecule has 1 aliphatic heterocycles. The average molecular weight is 338 g/mol. The topological polar surface area (TPSA) is 75.0 Å². The molecule has 3 heterocycles. The number of rotatable bonds is 4. The van der Waals surface area contributed by atoms with Gasteiger partial charge in [0.05, 0.1) is 11.6 Å². The van der Waals surface area contributed by atoms with Crippen LogP contribution in [0.4, 0.5) is 0 Å². The Morgan fingerprint density at radius 2 is 2.28 bits per heavy atom. The Kier molecular flexibility index (Phi) is 4.03. The van der Waals surface area contributed by atoms with Crippen LogP contribution in [0.5, 0.6) is 0 Å². The summed E-state index contributed by atoms with van der Waals surface area (Å²) in [4.78, 5) is 15.0. The highest BCUT2D eigenvalue weighted by atomic mass is 16.5. The Morgan fingerprint density at radius 3 is 3.04 bits per heavy atom. The number of benzene rings is 1. The van der Waals surface area contributed by atoms with Gasteiger partial charge in [-0.15, -0.1) is 0 Å². The fraction of sp³-hybridized carbons (Fsp3) is 0.421. The van der Waals surface area contributed by atoms with Crippen molar-refractivity contribution in [3.63, 3.8) is 0 Å². The van der Waals surface area contributed by atoms with Crippen LogP contribution in [0.3, 0.4) is 0 Å². The lowest BCUT2D eigenvalue weighted by Gasteiger charge is -2.23. The predicted octanol–water partition coefficient (Wildman–Crippen LogP) is 3.73. The smallest absolute Gasteiger partial charge is 0.254 e. The van der Waals surface area contributed by atoms with Gasteiger partial charge in [-0.1, -0.05) is 19.0 Å². The van der Waals surface area contributed by atoms with Crippen molar-refractivity contribution in [1.29, 1.82) is 0 Å². The van der Waals surface area contributed by atoms with Crippen molar-refractivity contribution in [3.05, 3.63) is 47.5 Å². The molecule has 1 fully saturated rings. The molecule has 6 nitrogen and oxygen atoms in total. The zero-order valence-electron chi connectivity index (χ0n) is 14.5. The number of aromatic amines is 1. The summed E-state index contributed by atoms with van der Waals surface area (Å²) in [6.45, 7) is 5.10. The molecular weight excluding hydrogens is 316 g/mol. The minimum absolute atomic E-state index is 0.00133. The third-order valence-electron chi connectivity index (χ3n) is 4.81. The van der Waals surface area contributed by atoms with Gasteiger partial charge in [-0.25, -0.2) is 0 Å². The number of nitrogens with zero attached hydrogens (tertiary/aromatic N) is 3. The molecule has 2 aromatic heterocycles. The van der Waals surface area contributed by atoms with Crippen molar-refractivity contribution in [2.45, 2.75) is 39.2 Å². The standard InChI is InChI=1S/C19H22N4O2/c1-12(2)10-17-14-11-13(5-6-15(14)20-21-17)19(24)23-8-3-4-18(23)16-7-9-25-22-16/h5-7,9,11-12,18H,3-4,8,10H2,1-2H3,(H,20,21)/t18-/m1/s1. The van der Waals surface area contributed by atoms with Crippen LogP contribution < -0.4 is 0 Å². The van der Waals surface area contributed by atoms with Crippen LogP contribution in [0, 0.1) is 5.92 Å². The van der Waals surface area contributed by atoms with E-state index in [1.807, 2.05) is 29.2 Å². The van der Waals surface area contributed by atoms with Crippen LogP contribution in [0.15, 0.2) is 35.1 Å². The summed E-state index contributed by atoms with van der Waals surface area (Å²) in [5.74, 6) is 0.572. The summed E-state index contributed by atoms with van der Waals surface area (Å²) in [6, 6.07) is 7.60. The molecule has 4 rings (SSSR count). The largest absolute Gasteiger partial charge is 0.364 e. The molecule has 130 valence electrons. The molecule has 1 aromatic carbocycles. The molecule has 1 aliphatic rings. The zero-order chi connectivity index (χ0) is 17.4. The maximum atomic E-state index is 13.1. The lowest BCUT2D eigenvalue weighted by molar-refractivity contribution is 0.0731. The fourth-order valence-electron chi connectivity index (χ4n) is 3.64. The number of H-pyrrole nitrogens is 1. The predicted molar refractivity (Wildman–Crippen MR) is 94.2 cm³/mol. The number of amides is 1. The van der Waals surface area contributed by atoms with E-state index in [1.165, 1.54) is 0 Å². The molecule has 1 amide bonds. The molecule has 3 aromatic rings. The SMILES string of the molecule is CC(C)Cc1[nH]nc2ccc(C(=O)N3CCC[C@@H]3c3ccon3)cc12. The number of carbonyl (C=O) groups is 1. The van der Waals surface area contributed by atoms with E-state index in [4.69, 9.17) is 4.52 Å². The van der Waals surface area contributed by atoms with Crippen molar-refractivity contribution >= 4 is 16.8 Å². The number of hydrogen-bond donors (Lipinski definition) is 1. The van der Waals surface area contributed by atoms with Crippen LogP contribution in [0.1, 0.15) is 54.5 Å². The van der Waals surface area contributed by atoms with E-state index in [0.29, 0.717) is 11.5 Å². The molecule has 0 unspecified atom stereocenters. The van der Waals surface area contributed by atoms with E-state index >= 15 is 0 Å². The van der Waals surface area contributed by atoms with Crippen LogP contribution in [-0.4, -0.2) is 32.7 Å². The molecule has 0 saturated carbocycles. The molecule has 0 spiro atoms. The van der Waals surface area contributed by atoms with Crippen molar-refractivity contribution in [3.8, 4) is 0 Å². The van der Waals surface area contributed by atoms with Gasteiger partial charge in [0, 0.05) is 29.3 Å². The number of carbonyl (C=O) groups excluding carboxylic acids is 1. The Hall–Kier alpha value is -2.63. The zero-order valence-corrected chi connectivity index (χ0v) is 14.5. The summed E-state index contributed by atoms with van der Waals surface area (Å²) in [5.41, 5.74) is 3.53. The first-order chi connectivity index (χ1) is 12.1. The van der Waals surface area contributed by atoms with Crippen LogP contribution >= 0.6 is 0 Å². The lowest BCUT2D eigenvalue weighted by atomic mass is 10.0. The highest BCUT2D eigenvalue weighted by Crippen LogP contribution is 2.32. The molecule has 6 heteroatoms. The quantitative estimate of drug-likeness (QED) is 0.786. The highest BCUT2D eigenvalue weighted by Gasteiger charge is 2.32. The van der Waals surface area contributed by atoms with Crippen LogP contribution in [0.25, 0.3) is 10.9 Å². The minimum Gasteiger partial charge on any atom is -0.364 e. The van der Waals surface area contributed by atoms with Gasteiger partial charge in [-0.3, -0.25) is 9.89 Å². The minimum atomic E-state index is 0.00133. The van der Waals surface area contributed by atoms with Gasteiger partial charge in [0.15, 0.2) is 0 Å². The van der Waals surface area contributed by atoms with E-state index in [0.717, 1.165) is 48.1 Å². The van der Waals surface area contributed by atoms with Crippen molar-refractivity contribution in [2.75, 3.05) is 6.54 Å². The fourth-order valence-corrected chi connectivity index (χ4v) is 3.64. The lowest BCUT2D eigenvalue weighted by Crippen LogP contribution is -2.30. The second kappa shape index (κ2) is 6.35. The van der Waals surface area contributed by atoms with Crippen molar-refractivity contribution in [2.24, 2.45) is 5.92 Å². The van der Waals surface area contributed by atoms with Gasteiger partial charge in [0.25, 0.3) is 5.91 Å². The van der Waals surface area contributed by atoms with Gasteiger partial charge >= 0.3 is 0 Å². The van der Waals surface area contributed by atoms with Gasteiger partial charge in [-0.05, 0) is 43.4 Å². The molecule has 1 N–H and O–H groups in total. The van der Waals surface area contributed by atoms with Gasteiger partial charge in [-0.2, -0.15) is 5.10 Å². The Morgan fingerprint density at radius 1 is 1.40 bits per heavy atom. The van der Waals surface area contributed by atoms with Gasteiger partial charge in [0.1, 0.15) is 12.0 Å². The highest BCUT2D eigenvalue weighted by molar-refractivity contribution is 5.98. The summed E-state index contributed by atoms with van der Waals surface area (Å²) < 4.78 is 4.96. The average Bonchev–Trinajstić information content (AvgIpc) is 3.33. The Bertz CT molecular complexity index is 882. The first-order valence-electron chi connectivity index (χ1n) is 8.81. The van der Waals surface area contributed by atoms with E-state index in [1.54, 1.807) is 6.26 Å². The summed E-state index contributed by atoms with van der Waals surface area (Å²) >= 11 is 0. The molecule has 0 aliphatic carbocycles. The number of aromatic nitrogens is 3.